The van der Waals surface area contributed by atoms with Crippen LogP contribution in [0, 0.1) is 34.5 Å². The van der Waals surface area contributed by atoms with Crippen molar-refractivity contribution in [1.29, 1.82) is 0 Å². The Bertz CT molecular complexity index is 707. The number of ether oxygens (including phenoxy) is 1. The third kappa shape index (κ3) is 2.21. The molecule has 8 unspecified atom stereocenters. The highest BCUT2D eigenvalue weighted by Crippen LogP contribution is 2.65. The summed E-state index contributed by atoms with van der Waals surface area (Å²) in [6, 6.07) is 0. The lowest BCUT2D eigenvalue weighted by atomic mass is 9.47. The van der Waals surface area contributed by atoms with E-state index in [1.807, 2.05) is 0 Å². The second-order valence-corrected chi connectivity index (χ2v) is 9.35. The van der Waals surface area contributed by atoms with Gasteiger partial charge in [-0.15, -0.1) is 0 Å². The third-order valence-electron chi connectivity index (χ3n) is 8.38. The zero-order valence-electron chi connectivity index (χ0n) is 16.2. The number of aliphatic hydroxyl groups excluding tert-OH is 1. The van der Waals surface area contributed by atoms with E-state index in [9.17, 15) is 14.7 Å². The SMILES string of the molecule is COC1CC2C3C=CC4=CC(=O)CCC4(C)C3CC(O)C2(C)C1C(C)=O. The molecule has 26 heavy (non-hydrogen) atoms. The molecule has 0 aromatic carbocycles. The molecule has 0 saturated heterocycles. The van der Waals surface area contributed by atoms with Gasteiger partial charge in [-0.1, -0.05) is 26.0 Å². The molecule has 1 N–H and O–H groups in total. The molecule has 0 amide bonds. The predicted octanol–water partition coefficient (Wildman–Crippen LogP) is 3.10. The van der Waals surface area contributed by atoms with Gasteiger partial charge in [-0.3, -0.25) is 9.59 Å². The lowest BCUT2D eigenvalue weighted by molar-refractivity contribution is -0.145. The van der Waals surface area contributed by atoms with Gasteiger partial charge < -0.3 is 9.84 Å². The van der Waals surface area contributed by atoms with Gasteiger partial charge in [0.1, 0.15) is 5.78 Å². The van der Waals surface area contributed by atoms with Crippen LogP contribution in [0.1, 0.15) is 46.5 Å². The number of carbonyl (C=O) groups is 2. The standard InChI is InChI=1S/C22H30O4/c1-12(23)20-18(26-4)10-17-15-6-5-13-9-14(24)7-8-21(13,2)16(15)11-19(25)22(17,20)3/h5-6,9,15-20,25H,7-8,10-11H2,1-4H3. The summed E-state index contributed by atoms with van der Waals surface area (Å²) in [5.74, 6) is 0.929. The van der Waals surface area contributed by atoms with E-state index in [-0.39, 0.29) is 34.9 Å². The molecule has 0 aromatic heterocycles. The zero-order chi connectivity index (χ0) is 18.9. The van der Waals surface area contributed by atoms with Gasteiger partial charge in [0.25, 0.3) is 0 Å². The summed E-state index contributed by atoms with van der Waals surface area (Å²) in [6.45, 7) is 5.98. The van der Waals surface area contributed by atoms with E-state index in [0.29, 0.717) is 24.7 Å². The maximum absolute atomic E-state index is 12.5. The van der Waals surface area contributed by atoms with Crippen molar-refractivity contribution in [3.63, 3.8) is 0 Å². The Morgan fingerprint density at radius 2 is 2.00 bits per heavy atom. The van der Waals surface area contributed by atoms with E-state index in [2.05, 4.69) is 26.0 Å². The second kappa shape index (κ2) is 5.87. The van der Waals surface area contributed by atoms with Crippen molar-refractivity contribution in [1.82, 2.24) is 0 Å². The Hall–Kier alpha value is -1.26. The van der Waals surface area contributed by atoms with Crippen molar-refractivity contribution in [2.45, 2.75) is 58.7 Å². The van der Waals surface area contributed by atoms with Crippen molar-refractivity contribution in [3.8, 4) is 0 Å². The number of fused-ring (bicyclic) bond motifs is 5. The predicted molar refractivity (Wildman–Crippen MR) is 98.4 cm³/mol. The van der Waals surface area contributed by atoms with Crippen LogP contribution in [0.3, 0.4) is 0 Å². The fraction of sp³-hybridized carbons (Fsp3) is 0.727. The first kappa shape index (κ1) is 18.1. The van der Waals surface area contributed by atoms with Gasteiger partial charge in [-0.25, -0.2) is 0 Å². The average Bonchev–Trinajstić information content (AvgIpc) is 2.91. The summed E-state index contributed by atoms with van der Waals surface area (Å²) < 4.78 is 5.70. The van der Waals surface area contributed by atoms with Crippen LogP contribution in [0.15, 0.2) is 23.8 Å². The van der Waals surface area contributed by atoms with Crippen molar-refractivity contribution in [3.05, 3.63) is 23.8 Å². The number of methoxy groups -OCH3 is 1. The van der Waals surface area contributed by atoms with Crippen LogP contribution in [-0.4, -0.2) is 36.0 Å². The second-order valence-electron chi connectivity index (χ2n) is 9.35. The molecule has 0 spiro atoms. The van der Waals surface area contributed by atoms with Crippen molar-refractivity contribution >= 4 is 11.6 Å². The molecule has 142 valence electrons. The fourth-order valence-electron chi connectivity index (χ4n) is 6.91. The number of hydrogen-bond acceptors (Lipinski definition) is 4. The van der Waals surface area contributed by atoms with Gasteiger partial charge in [0.2, 0.25) is 0 Å². The Kier molecular flexibility index (Phi) is 4.09. The molecule has 2 saturated carbocycles. The lowest BCUT2D eigenvalue weighted by Gasteiger charge is -2.57. The van der Waals surface area contributed by atoms with Gasteiger partial charge >= 0.3 is 0 Å². The molecular formula is C22H30O4. The smallest absolute Gasteiger partial charge is 0.156 e. The highest BCUT2D eigenvalue weighted by atomic mass is 16.5. The van der Waals surface area contributed by atoms with Gasteiger partial charge in [0.05, 0.1) is 18.1 Å². The van der Waals surface area contributed by atoms with Crippen LogP contribution < -0.4 is 0 Å². The molecule has 4 rings (SSSR count). The largest absolute Gasteiger partial charge is 0.393 e. The third-order valence-corrected chi connectivity index (χ3v) is 8.38. The molecule has 4 aliphatic rings. The first-order valence-electron chi connectivity index (χ1n) is 9.88. The van der Waals surface area contributed by atoms with Crippen LogP contribution in [0.2, 0.25) is 0 Å². The molecule has 0 bridgehead atoms. The van der Waals surface area contributed by atoms with Crippen LogP contribution in [0.5, 0.6) is 0 Å². The molecule has 4 aliphatic carbocycles. The highest BCUT2D eigenvalue weighted by Gasteiger charge is 2.65. The fourth-order valence-corrected chi connectivity index (χ4v) is 6.91. The van der Waals surface area contributed by atoms with Crippen LogP contribution in [0.4, 0.5) is 0 Å². The highest BCUT2D eigenvalue weighted by molar-refractivity contribution is 5.92. The molecule has 0 aliphatic heterocycles. The number of rotatable bonds is 2. The molecule has 4 heteroatoms. The van der Waals surface area contributed by atoms with E-state index in [4.69, 9.17) is 4.74 Å². The minimum Gasteiger partial charge on any atom is -0.393 e. The van der Waals surface area contributed by atoms with Crippen molar-refractivity contribution in [2.24, 2.45) is 34.5 Å². The summed E-state index contributed by atoms with van der Waals surface area (Å²) >= 11 is 0. The Morgan fingerprint density at radius 1 is 1.27 bits per heavy atom. The molecular weight excluding hydrogens is 328 g/mol. The topological polar surface area (TPSA) is 63.6 Å². The zero-order valence-corrected chi connectivity index (χ0v) is 16.2. The normalized spacial score (nSPS) is 49.9. The summed E-state index contributed by atoms with van der Waals surface area (Å²) in [5, 5.41) is 11.2. The molecule has 8 atom stereocenters. The molecule has 0 aromatic rings. The molecule has 0 radical (unpaired) electrons. The van der Waals surface area contributed by atoms with Crippen LogP contribution in [-0.2, 0) is 14.3 Å². The van der Waals surface area contributed by atoms with Crippen molar-refractivity contribution in [2.75, 3.05) is 7.11 Å². The van der Waals surface area contributed by atoms with E-state index in [0.717, 1.165) is 18.4 Å². The maximum Gasteiger partial charge on any atom is 0.156 e. The van der Waals surface area contributed by atoms with E-state index in [1.165, 1.54) is 0 Å². The summed E-state index contributed by atoms with van der Waals surface area (Å²) in [6.07, 6.45) is 8.49. The summed E-state index contributed by atoms with van der Waals surface area (Å²) in [7, 11) is 1.68. The quantitative estimate of drug-likeness (QED) is 0.824. The Morgan fingerprint density at radius 3 is 2.65 bits per heavy atom. The monoisotopic (exact) mass is 358 g/mol. The molecule has 4 nitrogen and oxygen atoms in total. The van der Waals surface area contributed by atoms with Crippen molar-refractivity contribution < 1.29 is 19.4 Å². The van der Waals surface area contributed by atoms with Gasteiger partial charge in [-0.2, -0.15) is 0 Å². The number of aliphatic hydroxyl groups is 1. The van der Waals surface area contributed by atoms with E-state index < -0.39 is 11.5 Å². The van der Waals surface area contributed by atoms with Gasteiger partial charge in [0.15, 0.2) is 5.78 Å². The number of allylic oxidation sites excluding steroid dienone is 4. The Labute approximate surface area is 155 Å². The van der Waals surface area contributed by atoms with E-state index >= 15 is 0 Å². The van der Waals surface area contributed by atoms with Crippen LogP contribution >= 0.6 is 0 Å². The summed E-state index contributed by atoms with van der Waals surface area (Å²) in [4.78, 5) is 24.4. The summed E-state index contributed by atoms with van der Waals surface area (Å²) in [5.41, 5.74) is 0.613. The van der Waals surface area contributed by atoms with Gasteiger partial charge in [0, 0.05) is 18.9 Å². The minimum absolute atomic E-state index is 0.0630. The number of hydrogen-bond donors (Lipinski definition) is 1. The van der Waals surface area contributed by atoms with Gasteiger partial charge in [-0.05, 0) is 61.0 Å². The number of carbonyl (C=O) groups excluding carboxylic acids is 2. The lowest BCUT2D eigenvalue weighted by Crippen LogP contribution is -2.56. The average molecular weight is 358 g/mol. The number of Topliss-reactive ketones (excluding diaryl/α,β-unsaturated/α-hetero) is 1. The number of ketones is 2. The van der Waals surface area contributed by atoms with Crippen LogP contribution in [0.25, 0.3) is 0 Å². The maximum atomic E-state index is 12.5. The Balaban J connectivity index is 1.79. The first-order chi connectivity index (χ1) is 12.2. The molecule has 2 fully saturated rings. The first-order valence-corrected chi connectivity index (χ1v) is 9.88. The minimum atomic E-state index is -0.523. The molecule has 0 heterocycles. The van der Waals surface area contributed by atoms with E-state index in [1.54, 1.807) is 20.1 Å².